The number of ether oxygens (including phenoxy) is 1. The molecule has 1 aliphatic heterocycles. The van der Waals surface area contributed by atoms with Gasteiger partial charge in [0, 0.05) is 0 Å². The number of rotatable bonds is 5. The van der Waals surface area contributed by atoms with Gasteiger partial charge in [0.05, 0.1) is 13.1 Å². The fourth-order valence-electron chi connectivity index (χ4n) is 2.89. The van der Waals surface area contributed by atoms with Crippen molar-refractivity contribution in [3.63, 3.8) is 0 Å². The van der Waals surface area contributed by atoms with Crippen LogP contribution in [-0.2, 0) is 5.41 Å². The molecule has 0 aromatic heterocycles. The predicted molar refractivity (Wildman–Crippen MR) is 86.1 cm³/mol. The summed E-state index contributed by atoms with van der Waals surface area (Å²) in [5.74, 6) is 0.843. The second-order valence-electron chi connectivity index (χ2n) is 7.25. The molecule has 1 aromatic carbocycles. The Morgan fingerprint density at radius 2 is 1.71 bits per heavy atom. The van der Waals surface area contributed by atoms with Gasteiger partial charge in [0.25, 0.3) is 0 Å². The molecule has 0 amide bonds. The second kappa shape index (κ2) is 7.28. The number of hydrogen-bond acceptors (Lipinski definition) is 2. The van der Waals surface area contributed by atoms with Crippen molar-refractivity contribution in [3.05, 3.63) is 29.8 Å². The molecule has 0 bridgehead atoms. The van der Waals surface area contributed by atoms with Gasteiger partial charge in [-0.1, -0.05) is 32.9 Å². The van der Waals surface area contributed by atoms with Crippen molar-refractivity contribution in [2.75, 3.05) is 26.2 Å². The highest BCUT2D eigenvalue weighted by atomic mass is 16.5. The van der Waals surface area contributed by atoms with Gasteiger partial charge < -0.3 is 14.7 Å². The number of hydrogen-bond donors (Lipinski definition) is 2. The van der Waals surface area contributed by atoms with Crippen LogP contribution in [0, 0.1) is 0 Å². The van der Waals surface area contributed by atoms with Crippen molar-refractivity contribution in [1.82, 2.24) is 0 Å². The Labute approximate surface area is 128 Å². The molecular formula is C18H30NO2+. The summed E-state index contributed by atoms with van der Waals surface area (Å²) in [7, 11) is 0. The van der Waals surface area contributed by atoms with Crippen LogP contribution in [0.2, 0.25) is 0 Å². The van der Waals surface area contributed by atoms with E-state index in [0.717, 1.165) is 12.3 Å². The minimum Gasteiger partial charge on any atom is -0.491 e. The Morgan fingerprint density at radius 1 is 1.10 bits per heavy atom. The lowest BCUT2D eigenvalue weighted by Crippen LogP contribution is -3.14. The van der Waals surface area contributed by atoms with E-state index in [0.29, 0.717) is 6.61 Å². The quantitative estimate of drug-likeness (QED) is 0.867. The van der Waals surface area contributed by atoms with Crippen LogP contribution < -0.4 is 9.64 Å². The number of benzene rings is 1. The van der Waals surface area contributed by atoms with Crippen LogP contribution in [-0.4, -0.2) is 37.5 Å². The number of piperidine rings is 1. The van der Waals surface area contributed by atoms with E-state index in [1.54, 1.807) is 0 Å². The normalized spacial score (nSPS) is 18.5. The third-order valence-electron chi connectivity index (χ3n) is 4.25. The standard InChI is InChI=1S/C18H29NO2/c1-18(2,3)15-7-9-17(10-8-15)21-14-16(20)13-19-11-5-4-6-12-19/h7-10,16,20H,4-6,11-14H2,1-3H3/p+1/t16-/m0/s1. The van der Waals surface area contributed by atoms with Crippen LogP contribution in [0.25, 0.3) is 0 Å². The first-order valence-corrected chi connectivity index (χ1v) is 8.20. The van der Waals surface area contributed by atoms with E-state index >= 15 is 0 Å². The lowest BCUT2D eigenvalue weighted by atomic mass is 9.87. The largest absolute Gasteiger partial charge is 0.491 e. The Bertz CT molecular complexity index is 416. The van der Waals surface area contributed by atoms with Crippen molar-refractivity contribution in [1.29, 1.82) is 0 Å². The number of aliphatic hydroxyl groups is 1. The van der Waals surface area contributed by atoms with E-state index in [2.05, 4.69) is 32.9 Å². The average molecular weight is 292 g/mol. The highest BCUT2D eigenvalue weighted by Gasteiger charge is 2.18. The number of aliphatic hydroxyl groups excluding tert-OH is 1. The van der Waals surface area contributed by atoms with Gasteiger partial charge in [-0.3, -0.25) is 0 Å². The lowest BCUT2D eigenvalue weighted by Gasteiger charge is -2.25. The van der Waals surface area contributed by atoms with Gasteiger partial charge in [0.1, 0.15) is 25.0 Å². The molecule has 21 heavy (non-hydrogen) atoms. The van der Waals surface area contributed by atoms with Crippen LogP contribution in [0.3, 0.4) is 0 Å². The molecule has 2 rings (SSSR count). The number of nitrogens with one attached hydrogen (secondary N) is 1. The molecule has 1 atom stereocenters. The molecule has 2 N–H and O–H groups in total. The molecule has 0 spiro atoms. The Balaban J connectivity index is 1.76. The van der Waals surface area contributed by atoms with E-state index in [1.807, 2.05) is 12.1 Å². The molecule has 0 unspecified atom stereocenters. The smallest absolute Gasteiger partial charge is 0.137 e. The summed E-state index contributed by atoms with van der Waals surface area (Å²) in [4.78, 5) is 1.51. The molecule has 1 aromatic rings. The first kappa shape index (κ1) is 16.3. The summed E-state index contributed by atoms with van der Waals surface area (Å²) in [5.41, 5.74) is 1.46. The fraction of sp³-hybridized carbons (Fsp3) is 0.667. The van der Waals surface area contributed by atoms with Gasteiger partial charge in [0.15, 0.2) is 0 Å². The fourth-order valence-corrected chi connectivity index (χ4v) is 2.89. The molecule has 3 nitrogen and oxygen atoms in total. The minimum atomic E-state index is -0.375. The summed E-state index contributed by atoms with van der Waals surface area (Å²) in [6.45, 7) is 10.2. The van der Waals surface area contributed by atoms with E-state index in [1.165, 1.54) is 42.8 Å². The summed E-state index contributed by atoms with van der Waals surface area (Å²) in [5, 5.41) is 10.1. The lowest BCUT2D eigenvalue weighted by molar-refractivity contribution is -0.908. The third-order valence-corrected chi connectivity index (χ3v) is 4.25. The first-order valence-electron chi connectivity index (χ1n) is 8.20. The molecule has 1 heterocycles. The minimum absolute atomic E-state index is 0.162. The predicted octanol–water partition coefficient (Wildman–Crippen LogP) is 1.79. The maximum Gasteiger partial charge on any atom is 0.137 e. The van der Waals surface area contributed by atoms with Crippen molar-refractivity contribution >= 4 is 0 Å². The zero-order valence-electron chi connectivity index (χ0n) is 13.7. The Kier molecular flexibility index (Phi) is 5.65. The Morgan fingerprint density at radius 3 is 2.29 bits per heavy atom. The van der Waals surface area contributed by atoms with Crippen LogP contribution >= 0.6 is 0 Å². The summed E-state index contributed by atoms with van der Waals surface area (Å²) >= 11 is 0. The molecular weight excluding hydrogens is 262 g/mol. The number of likely N-dealkylation sites (tertiary alicyclic amines) is 1. The summed E-state index contributed by atoms with van der Waals surface area (Å²) in [6, 6.07) is 8.22. The average Bonchev–Trinajstić information content (AvgIpc) is 2.46. The van der Waals surface area contributed by atoms with Crippen molar-refractivity contribution in [2.45, 2.75) is 51.6 Å². The molecule has 118 valence electrons. The zero-order chi connectivity index (χ0) is 15.3. The van der Waals surface area contributed by atoms with Gasteiger partial charge in [-0.15, -0.1) is 0 Å². The molecule has 1 fully saturated rings. The zero-order valence-corrected chi connectivity index (χ0v) is 13.7. The van der Waals surface area contributed by atoms with Gasteiger partial charge in [-0.25, -0.2) is 0 Å². The van der Waals surface area contributed by atoms with Crippen LogP contribution in [0.4, 0.5) is 0 Å². The van der Waals surface area contributed by atoms with Crippen molar-refractivity contribution in [2.24, 2.45) is 0 Å². The molecule has 3 heteroatoms. The molecule has 0 radical (unpaired) electrons. The van der Waals surface area contributed by atoms with E-state index in [-0.39, 0.29) is 11.5 Å². The van der Waals surface area contributed by atoms with E-state index < -0.39 is 0 Å². The summed E-state index contributed by atoms with van der Waals surface area (Å²) < 4.78 is 5.71. The van der Waals surface area contributed by atoms with E-state index in [4.69, 9.17) is 4.74 Å². The topological polar surface area (TPSA) is 33.9 Å². The summed E-state index contributed by atoms with van der Waals surface area (Å²) in [6.07, 6.45) is 3.55. The van der Waals surface area contributed by atoms with Gasteiger partial charge in [0.2, 0.25) is 0 Å². The highest BCUT2D eigenvalue weighted by Crippen LogP contribution is 2.24. The van der Waals surface area contributed by atoms with Crippen molar-refractivity contribution < 1.29 is 14.7 Å². The molecule has 1 saturated heterocycles. The van der Waals surface area contributed by atoms with Crippen molar-refractivity contribution in [3.8, 4) is 5.75 Å². The highest BCUT2D eigenvalue weighted by molar-refractivity contribution is 5.31. The van der Waals surface area contributed by atoms with Gasteiger partial charge >= 0.3 is 0 Å². The Hall–Kier alpha value is -1.06. The SMILES string of the molecule is CC(C)(C)c1ccc(OC[C@@H](O)C[NH+]2CCCCC2)cc1. The second-order valence-corrected chi connectivity index (χ2v) is 7.25. The van der Waals surface area contributed by atoms with Crippen LogP contribution in [0.5, 0.6) is 5.75 Å². The molecule has 0 aliphatic carbocycles. The third kappa shape index (κ3) is 5.33. The monoisotopic (exact) mass is 292 g/mol. The first-order chi connectivity index (χ1) is 9.95. The molecule has 0 saturated carbocycles. The maximum absolute atomic E-state index is 10.1. The maximum atomic E-state index is 10.1. The molecule has 1 aliphatic rings. The van der Waals surface area contributed by atoms with Crippen LogP contribution in [0.15, 0.2) is 24.3 Å². The van der Waals surface area contributed by atoms with Gasteiger partial charge in [-0.05, 0) is 42.4 Å². The number of quaternary nitrogens is 1. The van der Waals surface area contributed by atoms with Gasteiger partial charge in [-0.2, -0.15) is 0 Å². The van der Waals surface area contributed by atoms with Crippen LogP contribution in [0.1, 0.15) is 45.6 Å². The van der Waals surface area contributed by atoms with E-state index in [9.17, 15) is 5.11 Å².